The van der Waals surface area contributed by atoms with Crippen molar-refractivity contribution in [3.05, 3.63) is 53.3 Å². The van der Waals surface area contributed by atoms with E-state index in [0.717, 1.165) is 17.7 Å². The van der Waals surface area contributed by atoms with E-state index in [2.05, 4.69) is 15.6 Å². The number of nitrogens with one attached hydrogen (secondary N) is 2. The van der Waals surface area contributed by atoms with Gasteiger partial charge >= 0.3 is 0 Å². The lowest BCUT2D eigenvalue weighted by Gasteiger charge is -2.29. The minimum absolute atomic E-state index is 0. The maximum Gasteiger partial charge on any atom is 0.191 e. The molecule has 2 aromatic carbocycles. The lowest BCUT2D eigenvalue weighted by Crippen LogP contribution is -2.37. The third-order valence-corrected chi connectivity index (χ3v) is 5.04. The molecule has 0 atom stereocenters. The summed E-state index contributed by atoms with van der Waals surface area (Å²) < 4.78 is 30.6. The Morgan fingerprint density at radius 2 is 1.75 bits per heavy atom. The maximum atomic E-state index is 14.6. The zero-order chi connectivity index (χ0) is 22.1. The first kappa shape index (κ1) is 26.0. The van der Waals surface area contributed by atoms with Gasteiger partial charge in [-0.2, -0.15) is 0 Å². The summed E-state index contributed by atoms with van der Waals surface area (Å²) in [6.07, 6.45) is 0. The molecule has 1 aliphatic rings. The van der Waals surface area contributed by atoms with Gasteiger partial charge in [0.05, 0.1) is 39.7 Å². The fourth-order valence-corrected chi connectivity index (χ4v) is 3.40. The second-order valence-electron chi connectivity index (χ2n) is 7.12. The Morgan fingerprint density at radius 1 is 1.03 bits per heavy atom. The van der Waals surface area contributed by atoms with E-state index in [9.17, 15) is 4.39 Å². The Labute approximate surface area is 206 Å². The van der Waals surface area contributed by atoms with Crippen molar-refractivity contribution in [1.82, 2.24) is 10.6 Å². The van der Waals surface area contributed by atoms with Crippen LogP contribution in [0.15, 0.2) is 41.4 Å². The quantitative estimate of drug-likeness (QED) is 0.294. The molecule has 9 heteroatoms. The van der Waals surface area contributed by atoms with Crippen molar-refractivity contribution in [1.29, 1.82) is 0 Å². The van der Waals surface area contributed by atoms with Crippen LogP contribution in [0.5, 0.6) is 11.5 Å². The first-order valence-electron chi connectivity index (χ1n) is 10.5. The average molecular weight is 558 g/mol. The Balaban J connectivity index is 0.00000363. The van der Waals surface area contributed by atoms with Crippen molar-refractivity contribution < 1.29 is 18.6 Å². The lowest BCUT2D eigenvalue weighted by molar-refractivity contribution is 0.122. The molecule has 0 radical (unpaired) electrons. The minimum atomic E-state index is -0.224. The van der Waals surface area contributed by atoms with Crippen molar-refractivity contribution in [2.75, 3.05) is 52.0 Å². The number of aliphatic imine (C=N–C) groups is 1. The number of hydrogen-bond acceptors (Lipinski definition) is 5. The second-order valence-corrected chi connectivity index (χ2v) is 7.12. The maximum absolute atomic E-state index is 14.6. The molecule has 0 unspecified atom stereocenters. The first-order valence-corrected chi connectivity index (χ1v) is 10.5. The van der Waals surface area contributed by atoms with Crippen LogP contribution in [0, 0.1) is 5.82 Å². The third-order valence-electron chi connectivity index (χ3n) is 5.04. The summed E-state index contributed by atoms with van der Waals surface area (Å²) in [6.45, 7) is 6.34. The highest BCUT2D eigenvalue weighted by molar-refractivity contribution is 14.0. The van der Waals surface area contributed by atoms with Gasteiger partial charge in [0.25, 0.3) is 0 Å². The highest BCUT2D eigenvalue weighted by atomic mass is 127. The number of hydrogen-bond donors (Lipinski definition) is 2. The van der Waals surface area contributed by atoms with Gasteiger partial charge in [0, 0.05) is 26.2 Å². The van der Waals surface area contributed by atoms with Gasteiger partial charge in [0.1, 0.15) is 5.82 Å². The van der Waals surface area contributed by atoms with Crippen LogP contribution < -0.4 is 25.0 Å². The zero-order valence-corrected chi connectivity index (χ0v) is 21.1. The third kappa shape index (κ3) is 7.13. The number of nitrogens with zero attached hydrogens (tertiary/aromatic N) is 2. The first-order chi connectivity index (χ1) is 15.1. The van der Waals surface area contributed by atoms with Gasteiger partial charge in [-0.15, -0.1) is 24.0 Å². The van der Waals surface area contributed by atoms with E-state index in [-0.39, 0.29) is 29.8 Å². The summed E-state index contributed by atoms with van der Waals surface area (Å²) in [6, 6.07) is 11.1. The molecule has 1 heterocycles. The standard InChI is InChI=1S/C23H31FN4O3.HI/c1-4-25-23(27-16-18-6-8-21(29-2)22(14-18)30-3)26-15-17-5-7-20(19(24)13-17)28-9-11-31-12-10-28;/h5-8,13-14H,4,9-12,15-16H2,1-3H3,(H2,25,26,27);1H. The molecule has 1 saturated heterocycles. The van der Waals surface area contributed by atoms with Gasteiger partial charge in [-0.1, -0.05) is 12.1 Å². The van der Waals surface area contributed by atoms with Crippen molar-refractivity contribution in [3.8, 4) is 11.5 Å². The van der Waals surface area contributed by atoms with Gasteiger partial charge in [-0.3, -0.25) is 0 Å². The van der Waals surface area contributed by atoms with Crippen LogP contribution in [0.1, 0.15) is 18.1 Å². The molecule has 32 heavy (non-hydrogen) atoms. The van der Waals surface area contributed by atoms with Crippen molar-refractivity contribution in [2.24, 2.45) is 4.99 Å². The number of benzene rings is 2. The van der Waals surface area contributed by atoms with Crippen LogP contribution in [0.3, 0.4) is 0 Å². The van der Waals surface area contributed by atoms with Crippen LogP contribution in [0.2, 0.25) is 0 Å². The lowest BCUT2D eigenvalue weighted by atomic mass is 10.1. The smallest absolute Gasteiger partial charge is 0.191 e. The molecule has 0 aromatic heterocycles. The van der Waals surface area contributed by atoms with Crippen LogP contribution in [0.4, 0.5) is 10.1 Å². The predicted molar refractivity (Wildman–Crippen MR) is 136 cm³/mol. The molecule has 176 valence electrons. The number of morpholine rings is 1. The number of anilines is 1. The Bertz CT molecular complexity index is 892. The Morgan fingerprint density at radius 3 is 2.41 bits per heavy atom. The average Bonchev–Trinajstić information content (AvgIpc) is 2.81. The molecule has 2 aromatic rings. The topological polar surface area (TPSA) is 67.4 Å². The van der Waals surface area contributed by atoms with E-state index in [1.807, 2.05) is 42.2 Å². The molecule has 1 aliphatic heterocycles. The van der Waals surface area contributed by atoms with E-state index < -0.39 is 0 Å². The van der Waals surface area contributed by atoms with E-state index in [4.69, 9.17) is 14.2 Å². The number of guanidine groups is 1. The monoisotopic (exact) mass is 558 g/mol. The summed E-state index contributed by atoms with van der Waals surface area (Å²) in [7, 11) is 3.23. The summed E-state index contributed by atoms with van der Waals surface area (Å²) in [4.78, 5) is 6.61. The molecule has 7 nitrogen and oxygen atoms in total. The van der Waals surface area contributed by atoms with Gasteiger partial charge in [-0.05, 0) is 42.3 Å². The minimum Gasteiger partial charge on any atom is -0.493 e. The normalized spacial score (nSPS) is 13.9. The molecule has 0 bridgehead atoms. The fraction of sp³-hybridized carbons (Fsp3) is 0.435. The van der Waals surface area contributed by atoms with E-state index in [0.29, 0.717) is 62.5 Å². The van der Waals surface area contributed by atoms with Crippen LogP contribution in [-0.2, 0) is 17.8 Å². The Hall–Kier alpha value is -2.27. The largest absolute Gasteiger partial charge is 0.493 e. The number of halogens is 2. The van der Waals surface area contributed by atoms with E-state index >= 15 is 0 Å². The molecular formula is C23H32FIN4O3. The molecule has 0 amide bonds. The summed E-state index contributed by atoms with van der Waals surface area (Å²) in [5.74, 6) is 1.81. The molecule has 0 aliphatic carbocycles. The summed E-state index contributed by atoms with van der Waals surface area (Å²) >= 11 is 0. The number of methoxy groups -OCH3 is 2. The molecule has 2 N–H and O–H groups in total. The van der Waals surface area contributed by atoms with Crippen molar-refractivity contribution in [3.63, 3.8) is 0 Å². The van der Waals surface area contributed by atoms with Crippen LogP contribution in [0.25, 0.3) is 0 Å². The predicted octanol–water partition coefficient (Wildman–Crippen LogP) is 3.55. The van der Waals surface area contributed by atoms with Gasteiger partial charge in [0.15, 0.2) is 17.5 Å². The van der Waals surface area contributed by atoms with Crippen LogP contribution in [-0.4, -0.2) is 53.0 Å². The fourth-order valence-electron chi connectivity index (χ4n) is 3.40. The van der Waals surface area contributed by atoms with Gasteiger partial charge in [-0.25, -0.2) is 9.38 Å². The molecule has 1 fully saturated rings. The summed E-state index contributed by atoms with van der Waals surface area (Å²) in [5, 5.41) is 6.52. The van der Waals surface area contributed by atoms with E-state index in [1.165, 1.54) is 0 Å². The summed E-state index contributed by atoms with van der Waals surface area (Å²) in [5.41, 5.74) is 2.47. The van der Waals surface area contributed by atoms with Gasteiger partial charge in [0.2, 0.25) is 0 Å². The Kier molecular flexibility index (Phi) is 10.8. The van der Waals surface area contributed by atoms with Crippen molar-refractivity contribution >= 4 is 35.6 Å². The molecule has 0 saturated carbocycles. The highest BCUT2D eigenvalue weighted by Crippen LogP contribution is 2.27. The SMILES string of the molecule is CCNC(=NCc1ccc(N2CCOCC2)c(F)c1)NCc1ccc(OC)c(OC)c1.I. The second kappa shape index (κ2) is 13.3. The van der Waals surface area contributed by atoms with E-state index in [1.54, 1.807) is 20.3 Å². The molecule has 3 rings (SSSR count). The molecular weight excluding hydrogens is 526 g/mol. The molecule has 0 spiro atoms. The number of ether oxygens (including phenoxy) is 3. The number of rotatable bonds is 8. The highest BCUT2D eigenvalue weighted by Gasteiger charge is 2.15. The van der Waals surface area contributed by atoms with Gasteiger partial charge < -0.3 is 29.7 Å². The van der Waals surface area contributed by atoms with Crippen molar-refractivity contribution in [2.45, 2.75) is 20.0 Å². The zero-order valence-electron chi connectivity index (χ0n) is 18.8. The van der Waals surface area contributed by atoms with Crippen LogP contribution >= 0.6 is 24.0 Å².